The summed E-state index contributed by atoms with van der Waals surface area (Å²) in [5.74, 6) is -0.324. The molecule has 1 fully saturated rings. The minimum absolute atomic E-state index is 0.0431. The van der Waals surface area contributed by atoms with Crippen molar-refractivity contribution in [2.24, 2.45) is 0 Å². The van der Waals surface area contributed by atoms with Crippen molar-refractivity contribution in [2.45, 2.75) is 45.6 Å². The van der Waals surface area contributed by atoms with Crippen molar-refractivity contribution in [3.8, 4) is 0 Å². The van der Waals surface area contributed by atoms with Crippen molar-refractivity contribution in [1.29, 1.82) is 0 Å². The number of allylic oxidation sites excluding steroid dienone is 1. The zero-order valence-corrected chi connectivity index (χ0v) is 13.2. The molecule has 5 nitrogen and oxygen atoms in total. The Bertz CT molecular complexity index is 549. The number of carbonyl (C=O) groups excluding carboxylic acids is 2. The summed E-state index contributed by atoms with van der Waals surface area (Å²) in [6.45, 7) is 7.51. The highest BCUT2D eigenvalue weighted by Crippen LogP contribution is 2.36. The van der Waals surface area contributed by atoms with E-state index in [2.05, 4.69) is 11.6 Å². The van der Waals surface area contributed by atoms with Crippen LogP contribution in [0.3, 0.4) is 0 Å². The van der Waals surface area contributed by atoms with Crippen LogP contribution in [0.2, 0.25) is 0 Å². The summed E-state index contributed by atoms with van der Waals surface area (Å²) in [5.41, 5.74) is 0.621. The smallest absolute Gasteiger partial charge is 0.350 e. The first-order chi connectivity index (χ1) is 10.1. The van der Waals surface area contributed by atoms with E-state index < -0.39 is 0 Å². The van der Waals surface area contributed by atoms with Crippen molar-refractivity contribution < 1.29 is 14.3 Å². The molecule has 114 valence electrons. The van der Waals surface area contributed by atoms with E-state index in [1.54, 1.807) is 24.8 Å². The summed E-state index contributed by atoms with van der Waals surface area (Å²) < 4.78 is 5.02. The second-order valence-corrected chi connectivity index (χ2v) is 5.93. The molecule has 0 spiro atoms. The summed E-state index contributed by atoms with van der Waals surface area (Å²) >= 11 is 1.24. The lowest BCUT2D eigenvalue weighted by atomic mass is 10.3. The van der Waals surface area contributed by atoms with Gasteiger partial charge in [-0.2, -0.15) is 0 Å². The van der Waals surface area contributed by atoms with Gasteiger partial charge < -0.3 is 4.74 Å². The first-order valence-electron chi connectivity index (χ1n) is 7.16. The van der Waals surface area contributed by atoms with Crippen LogP contribution in [-0.2, 0) is 9.53 Å². The minimum Gasteiger partial charge on any atom is -0.462 e. The SMILES string of the molecule is C=CCCC(=O)N(c1nc(C)c(C(=O)OCC)s1)C1CC1. The maximum atomic E-state index is 12.3. The first-order valence-corrected chi connectivity index (χ1v) is 7.97. The number of aryl methyl sites for hydroxylation is 1. The zero-order valence-electron chi connectivity index (χ0n) is 12.4. The van der Waals surface area contributed by atoms with E-state index in [0.717, 1.165) is 12.8 Å². The Morgan fingerprint density at radius 2 is 2.24 bits per heavy atom. The van der Waals surface area contributed by atoms with Gasteiger partial charge in [-0.3, -0.25) is 9.69 Å². The molecular weight excluding hydrogens is 288 g/mol. The fraction of sp³-hybridized carbons (Fsp3) is 0.533. The van der Waals surface area contributed by atoms with E-state index in [4.69, 9.17) is 4.74 Å². The maximum Gasteiger partial charge on any atom is 0.350 e. The number of amides is 1. The number of hydrogen-bond donors (Lipinski definition) is 0. The third-order valence-electron chi connectivity index (χ3n) is 3.20. The molecule has 1 saturated carbocycles. The van der Waals surface area contributed by atoms with Crippen LogP contribution in [0.5, 0.6) is 0 Å². The third-order valence-corrected chi connectivity index (χ3v) is 4.33. The molecule has 0 aliphatic heterocycles. The van der Waals surface area contributed by atoms with Crippen molar-refractivity contribution in [3.63, 3.8) is 0 Å². The van der Waals surface area contributed by atoms with Crippen LogP contribution in [0, 0.1) is 6.92 Å². The van der Waals surface area contributed by atoms with E-state index in [9.17, 15) is 9.59 Å². The highest BCUT2D eigenvalue weighted by Gasteiger charge is 2.36. The van der Waals surface area contributed by atoms with Gasteiger partial charge in [0.05, 0.1) is 12.3 Å². The molecule has 1 aliphatic carbocycles. The number of esters is 1. The average Bonchev–Trinajstić information content (AvgIpc) is 3.19. The number of hydrogen-bond acceptors (Lipinski definition) is 5. The Labute approximate surface area is 128 Å². The molecule has 1 aromatic heterocycles. The molecule has 21 heavy (non-hydrogen) atoms. The van der Waals surface area contributed by atoms with Gasteiger partial charge in [-0.15, -0.1) is 6.58 Å². The van der Waals surface area contributed by atoms with Crippen LogP contribution < -0.4 is 4.90 Å². The topological polar surface area (TPSA) is 59.5 Å². The van der Waals surface area contributed by atoms with E-state index in [0.29, 0.717) is 35.2 Å². The van der Waals surface area contributed by atoms with Gasteiger partial charge >= 0.3 is 5.97 Å². The molecule has 0 bridgehead atoms. The number of ether oxygens (including phenoxy) is 1. The third kappa shape index (κ3) is 3.69. The van der Waals surface area contributed by atoms with Crippen LogP contribution in [0.25, 0.3) is 0 Å². The van der Waals surface area contributed by atoms with Crippen LogP contribution in [0.1, 0.15) is 48.0 Å². The van der Waals surface area contributed by atoms with Crippen LogP contribution >= 0.6 is 11.3 Å². The van der Waals surface area contributed by atoms with Gasteiger partial charge in [0.2, 0.25) is 5.91 Å². The molecule has 0 N–H and O–H groups in total. The molecule has 0 unspecified atom stereocenters. The predicted molar refractivity (Wildman–Crippen MR) is 82.7 cm³/mol. The second-order valence-electron chi connectivity index (χ2n) is 4.95. The Hall–Kier alpha value is -1.69. The van der Waals surface area contributed by atoms with Gasteiger partial charge in [0, 0.05) is 12.5 Å². The van der Waals surface area contributed by atoms with E-state index in [1.807, 2.05) is 0 Å². The standard InChI is InChI=1S/C15H20N2O3S/c1-4-6-7-12(18)17(11-8-9-11)15-16-10(3)13(21-15)14(19)20-5-2/h4,11H,1,5-9H2,2-3H3. The van der Waals surface area contributed by atoms with E-state index in [-0.39, 0.29) is 17.9 Å². The molecule has 0 aromatic carbocycles. The Morgan fingerprint density at radius 3 is 2.81 bits per heavy atom. The molecule has 1 heterocycles. The average molecular weight is 308 g/mol. The quantitative estimate of drug-likeness (QED) is 0.573. The predicted octanol–water partition coefficient (Wildman–Crippen LogP) is 3.09. The molecule has 0 saturated heterocycles. The number of nitrogens with zero attached hydrogens (tertiary/aromatic N) is 2. The normalized spacial score (nSPS) is 13.8. The van der Waals surface area contributed by atoms with Crippen molar-refractivity contribution in [1.82, 2.24) is 4.98 Å². The van der Waals surface area contributed by atoms with Crippen LogP contribution in [-0.4, -0.2) is 29.5 Å². The van der Waals surface area contributed by atoms with Gasteiger partial charge in [0.15, 0.2) is 5.13 Å². The lowest BCUT2D eigenvalue weighted by Crippen LogP contribution is -2.32. The fourth-order valence-corrected chi connectivity index (χ4v) is 3.07. The minimum atomic E-state index is -0.368. The highest BCUT2D eigenvalue weighted by molar-refractivity contribution is 7.17. The van der Waals surface area contributed by atoms with E-state index in [1.165, 1.54) is 11.3 Å². The summed E-state index contributed by atoms with van der Waals surface area (Å²) in [5, 5.41) is 0.604. The summed E-state index contributed by atoms with van der Waals surface area (Å²) in [6.07, 6.45) is 4.80. The molecule has 6 heteroatoms. The van der Waals surface area contributed by atoms with Crippen molar-refractivity contribution in [3.05, 3.63) is 23.2 Å². The number of anilines is 1. The van der Waals surface area contributed by atoms with Crippen LogP contribution in [0.15, 0.2) is 12.7 Å². The van der Waals surface area contributed by atoms with Gasteiger partial charge in [-0.25, -0.2) is 9.78 Å². The summed E-state index contributed by atoms with van der Waals surface area (Å²) in [7, 11) is 0. The fourth-order valence-electron chi connectivity index (χ4n) is 2.02. The van der Waals surface area contributed by atoms with Gasteiger partial charge in [-0.05, 0) is 33.1 Å². The molecule has 1 amide bonds. The first kappa shape index (κ1) is 15.7. The number of carbonyl (C=O) groups is 2. The monoisotopic (exact) mass is 308 g/mol. The Morgan fingerprint density at radius 1 is 1.52 bits per heavy atom. The summed E-state index contributed by atoms with van der Waals surface area (Å²) in [4.78, 5) is 30.8. The Balaban J connectivity index is 2.21. The molecule has 1 aliphatic rings. The second kappa shape index (κ2) is 6.85. The zero-order chi connectivity index (χ0) is 15.4. The number of thiazole rings is 1. The van der Waals surface area contributed by atoms with Gasteiger partial charge in [-0.1, -0.05) is 17.4 Å². The number of aromatic nitrogens is 1. The lowest BCUT2D eigenvalue weighted by molar-refractivity contribution is -0.118. The molecule has 1 aromatic rings. The van der Waals surface area contributed by atoms with E-state index >= 15 is 0 Å². The van der Waals surface area contributed by atoms with Crippen molar-refractivity contribution >= 4 is 28.3 Å². The lowest BCUT2D eigenvalue weighted by Gasteiger charge is -2.18. The highest BCUT2D eigenvalue weighted by atomic mass is 32.1. The maximum absolute atomic E-state index is 12.3. The molecular formula is C15H20N2O3S. The van der Waals surface area contributed by atoms with Gasteiger partial charge in [0.25, 0.3) is 0 Å². The van der Waals surface area contributed by atoms with Gasteiger partial charge in [0.1, 0.15) is 4.88 Å². The Kier molecular flexibility index (Phi) is 5.12. The molecule has 0 atom stereocenters. The van der Waals surface area contributed by atoms with Crippen LogP contribution in [0.4, 0.5) is 5.13 Å². The summed E-state index contributed by atoms with van der Waals surface area (Å²) in [6, 6.07) is 0.225. The largest absolute Gasteiger partial charge is 0.462 e. The number of rotatable bonds is 7. The van der Waals surface area contributed by atoms with Crippen molar-refractivity contribution in [2.75, 3.05) is 11.5 Å². The molecule has 2 rings (SSSR count). The molecule has 0 radical (unpaired) electrons.